The molecule has 6 nitrogen and oxygen atoms in total. The van der Waals surface area contributed by atoms with Crippen LogP contribution in [0.2, 0.25) is 0 Å². The fourth-order valence-corrected chi connectivity index (χ4v) is 2.62. The molecule has 1 N–H and O–H groups in total. The predicted octanol–water partition coefficient (Wildman–Crippen LogP) is 1.54. The van der Waals surface area contributed by atoms with Crippen LogP contribution in [0.1, 0.15) is 40.0 Å². The maximum Gasteiger partial charge on any atom is 0.410 e. The summed E-state index contributed by atoms with van der Waals surface area (Å²) >= 11 is 0. The minimum Gasteiger partial charge on any atom is -0.480 e. The van der Waals surface area contributed by atoms with Gasteiger partial charge in [0.05, 0.1) is 6.54 Å². The van der Waals surface area contributed by atoms with Crippen LogP contribution in [0.15, 0.2) is 0 Å². The quantitative estimate of drug-likeness (QED) is 0.848. The van der Waals surface area contributed by atoms with Gasteiger partial charge in [0.2, 0.25) is 0 Å². The number of hydrogen-bond donors (Lipinski definition) is 1. The van der Waals surface area contributed by atoms with Gasteiger partial charge in [0.15, 0.2) is 0 Å². The number of carbonyl (C=O) groups is 2. The van der Waals surface area contributed by atoms with Crippen molar-refractivity contribution in [1.29, 1.82) is 0 Å². The van der Waals surface area contributed by atoms with E-state index in [9.17, 15) is 9.59 Å². The number of carbonyl (C=O) groups excluding carboxylic acids is 1. The number of carboxylic acids is 1. The van der Waals surface area contributed by atoms with Crippen LogP contribution in [0.25, 0.3) is 0 Å². The van der Waals surface area contributed by atoms with Gasteiger partial charge in [-0.2, -0.15) is 0 Å². The van der Waals surface area contributed by atoms with Gasteiger partial charge < -0.3 is 14.7 Å². The number of ether oxygens (including phenoxy) is 1. The molecular formula is C14H24N2O4. The minimum atomic E-state index is -0.799. The molecule has 0 bridgehead atoms. The Morgan fingerprint density at radius 1 is 1.25 bits per heavy atom. The van der Waals surface area contributed by atoms with Crippen molar-refractivity contribution in [3.05, 3.63) is 0 Å². The lowest BCUT2D eigenvalue weighted by Crippen LogP contribution is -2.43. The second-order valence-corrected chi connectivity index (χ2v) is 6.67. The molecular weight excluding hydrogens is 260 g/mol. The Hall–Kier alpha value is -1.30. The first-order chi connectivity index (χ1) is 9.26. The molecule has 114 valence electrons. The largest absolute Gasteiger partial charge is 0.480 e. The van der Waals surface area contributed by atoms with E-state index in [0.717, 1.165) is 19.3 Å². The van der Waals surface area contributed by atoms with Gasteiger partial charge in [-0.15, -0.1) is 0 Å². The Morgan fingerprint density at radius 3 is 2.40 bits per heavy atom. The molecule has 1 saturated carbocycles. The van der Waals surface area contributed by atoms with Crippen molar-refractivity contribution in [2.24, 2.45) is 0 Å². The number of likely N-dealkylation sites (tertiary alicyclic amines) is 1. The zero-order chi connectivity index (χ0) is 14.9. The van der Waals surface area contributed by atoms with Gasteiger partial charge in [0, 0.05) is 25.2 Å². The van der Waals surface area contributed by atoms with Crippen molar-refractivity contribution in [3.63, 3.8) is 0 Å². The molecule has 0 aromatic heterocycles. The number of rotatable bonds is 4. The molecule has 2 fully saturated rings. The third-order valence-electron chi connectivity index (χ3n) is 3.62. The van der Waals surface area contributed by atoms with Crippen molar-refractivity contribution >= 4 is 12.1 Å². The lowest BCUT2D eigenvalue weighted by molar-refractivity contribution is -0.139. The van der Waals surface area contributed by atoms with Crippen molar-refractivity contribution < 1.29 is 19.4 Å². The number of aliphatic carboxylic acids is 1. The summed E-state index contributed by atoms with van der Waals surface area (Å²) in [4.78, 5) is 26.7. The topological polar surface area (TPSA) is 70.1 Å². The van der Waals surface area contributed by atoms with E-state index in [2.05, 4.69) is 0 Å². The van der Waals surface area contributed by atoms with Gasteiger partial charge in [-0.05, 0) is 40.0 Å². The van der Waals surface area contributed by atoms with E-state index in [1.54, 1.807) is 4.90 Å². The third kappa shape index (κ3) is 4.10. The summed E-state index contributed by atoms with van der Waals surface area (Å²) < 4.78 is 5.36. The Balaban J connectivity index is 1.90. The highest BCUT2D eigenvalue weighted by Crippen LogP contribution is 2.31. The molecule has 0 radical (unpaired) electrons. The summed E-state index contributed by atoms with van der Waals surface area (Å²) in [7, 11) is 0. The van der Waals surface area contributed by atoms with Crippen molar-refractivity contribution in [3.8, 4) is 0 Å². The van der Waals surface area contributed by atoms with Crippen molar-refractivity contribution in [1.82, 2.24) is 9.80 Å². The van der Waals surface area contributed by atoms with E-state index >= 15 is 0 Å². The average molecular weight is 284 g/mol. The van der Waals surface area contributed by atoms with Crippen LogP contribution in [0, 0.1) is 0 Å². The first kappa shape index (κ1) is 15.1. The van der Waals surface area contributed by atoms with Crippen molar-refractivity contribution in [2.75, 3.05) is 19.6 Å². The Bertz CT molecular complexity index is 387. The van der Waals surface area contributed by atoms with Crippen LogP contribution in [0.3, 0.4) is 0 Å². The highest BCUT2D eigenvalue weighted by Gasteiger charge is 2.39. The zero-order valence-corrected chi connectivity index (χ0v) is 12.5. The van der Waals surface area contributed by atoms with E-state index in [0.29, 0.717) is 19.1 Å². The fraction of sp³-hybridized carbons (Fsp3) is 0.857. The monoisotopic (exact) mass is 284 g/mol. The van der Waals surface area contributed by atoms with Gasteiger partial charge in [-0.25, -0.2) is 4.79 Å². The maximum atomic E-state index is 12.0. The van der Waals surface area contributed by atoms with Crippen LogP contribution in [-0.4, -0.2) is 64.3 Å². The predicted molar refractivity (Wildman–Crippen MR) is 73.6 cm³/mol. The molecule has 2 rings (SSSR count). The third-order valence-corrected chi connectivity index (χ3v) is 3.62. The summed E-state index contributed by atoms with van der Waals surface area (Å²) in [6.07, 6.45) is 2.65. The summed E-state index contributed by atoms with van der Waals surface area (Å²) in [5.74, 6) is -0.799. The minimum absolute atomic E-state index is 0.0670. The maximum absolute atomic E-state index is 12.0. The molecule has 1 aliphatic heterocycles. The molecule has 1 atom stereocenters. The first-order valence-corrected chi connectivity index (χ1v) is 7.22. The van der Waals surface area contributed by atoms with E-state index in [4.69, 9.17) is 9.84 Å². The number of hydrogen-bond acceptors (Lipinski definition) is 4. The molecule has 1 amide bonds. The summed E-state index contributed by atoms with van der Waals surface area (Å²) in [6.45, 7) is 6.82. The SMILES string of the molecule is CC(C)(C)OC(=O)N1CCC(N(CC(=O)O)C2CC2)C1. The molecule has 0 aromatic carbocycles. The molecule has 1 unspecified atom stereocenters. The van der Waals surface area contributed by atoms with Crippen LogP contribution in [0.4, 0.5) is 4.79 Å². The van der Waals surface area contributed by atoms with Gasteiger partial charge in [-0.1, -0.05) is 0 Å². The van der Waals surface area contributed by atoms with Crippen LogP contribution >= 0.6 is 0 Å². The highest BCUT2D eigenvalue weighted by molar-refractivity contribution is 5.70. The van der Waals surface area contributed by atoms with Crippen molar-refractivity contribution in [2.45, 2.75) is 57.7 Å². The Morgan fingerprint density at radius 2 is 1.90 bits per heavy atom. The second-order valence-electron chi connectivity index (χ2n) is 6.67. The lowest BCUT2D eigenvalue weighted by atomic mass is 10.2. The van der Waals surface area contributed by atoms with E-state index in [1.807, 2.05) is 25.7 Å². The van der Waals surface area contributed by atoms with Crippen LogP contribution in [-0.2, 0) is 9.53 Å². The van der Waals surface area contributed by atoms with E-state index in [1.165, 1.54) is 0 Å². The first-order valence-electron chi connectivity index (χ1n) is 7.22. The molecule has 1 aliphatic carbocycles. The average Bonchev–Trinajstić information content (AvgIpc) is 3.00. The lowest BCUT2D eigenvalue weighted by Gasteiger charge is -2.28. The molecule has 20 heavy (non-hydrogen) atoms. The summed E-state index contributed by atoms with van der Waals surface area (Å²) in [5, 5.41) is 9.00. The Labute approximate surface area is 119 Å². The highest BCUT2D eigenvalue weighted by atomic mass is 16.6. The number of nitrogens with zero attached hydrogens (tertiary/aromatic N) is 2. The summed E-state index contributed by atoms with van der Waals surface area (Å²) in [6, 6.07) is 0.529. The molecule has 0 aromatic rings. The van der Waals surface area contributed by atoms with E-state index in [-0.39, 0.29) is 18.7 Å². The molecule has 0 spiro atoms. The molecule has 1 saturated heterocycles. The molecule has 6 heteroatoms. The fourth-order valence-electron chi connectivity index (χ4n) is 2.62. The second kappa shape index (κ2) is 5.60. The van der Waals surface area contributed by atoms with Crippen LogP contribution < -0.4 is 0 Å². The smallest absolute Gasteiger partial charge is 0.410 e. The molecule has 2 aliphatic rings. The summed E-state index contributed by atoms with van der Waals surface area (Å²) in [5.41, 5.74) is -0.494. The number of amides is 1. The molecule has 1 heterocycles. The zero-order valence-electron chi connectivity index (χ0n) is 12.5. The number of carboxylic acid groups (broad SMARTS) is 1. The van der Waals surface area contributed by atoms with Gasteiger partial charge >= 0.3 is 12.1 Å². The van der Waals surface area contributed by atoms with Gasteiger partial charge in [0.1, 0.15) is 5.60 Å². The van der Waals surface area contributed by atoms with Gasteiger partial charge in [0.25, 0.3) is 0 Å². The van der Waals surface area contributed by atoms with Gasteiger partial charge in [-0.3, -0.25) is 9.69 Å². The van der Waals surface area contributed by atoms with E-state index < -0.39 is 11.6 Å². The normalized spacial score (nSPS) is 23.2. The van der Waals surface area contributed by atoms with Crippen LogP contribution in [0.5, 0.6) is 0 Å². The Kier molecular flexibility index (Phi) is 4.22. The standard InChI is InChI=1S/C14H24N2O4/c1-14(2,3)20-13(19)15-7-6-11(8-15)16(9-12(17)18)10-4-5-10/h10-11H,4-9H2,1-3H3,(H,17,18).